The Morgan fingerprint density at radius 3 is 1.34 bits per heavy atom. The smallest absolute Gasteiger partial charge is 0.0619 e. The topological polar surface area (TPSA) is 9.86 Å². The van der Waals surface area contributed by atoms with Crippen molar-refractivity contribution < 1.29 is 0 Å². The van der Waals surface area contributed by atoms with Crippen LogP contribution in [-0.4, -0.2) is 9.13 Å². The van der Waals surface area contributed by atoms with E-state index in [9.17, 15) is 0 Å². The zero-order valence-corrected chi connectivity index (χ0v) is 34.0. The number of nitrogens with zero attached hydrogens (tertiary/aromatic N) is 2. The molecule has 0 saturated heterocycles. The van der Waals surface area contributed by atoms with Crippen LogP contribution >= 0.6 is 0 Å². The number of fused-ring (bicyclic) bond motifs is 6. The Bertz CT molecular complexity index is 3600. The van der Waals surface area contributed by atoms with Crippen molar-refractivity contribution in [2.75, 3.05) is 0 Å². The second-order valence-corrected chi connectivity index (χ2v) is 16.1. The van der Waals surface area contributed by atoms with Gasteiger partial charge in [0, 0.05) is 38.4 Å². The van der Waals surface area contributed by atoms with E-state index in [-0.39, 0.29) is 0 Å². The van der Waals surface area contributed by atoms with E-state index in [2.05, 4.69) is 252 Å². The average Bonchev–Trinajstić information content (AvgIpc) is 3.87. The average molecular weight is 789 g/mol. The standard InChI is InChI=1S/C60H40N2/c1-5-17-41(18-6-1)45-25-15-26-49(37-45)61-58-35-32-48(40-55(58)52-29-16-28-50(60(52)61)43-21-9-3-10-22-43)47-33-36-59-54(39-47)51-27-13-14-30-56(51)62(59)57-34-31-46(42-19-7-2-8-20-42)38-53(57)44-23-11-4-12-24-44/h1-40H. The normalized spacial score (nSPS) is 11.5. The van der Waals surface area contributed by atoms with E-state index in [4.69, 9.17) is 0 Å². The van der Waals surface area contributed by atoms with Gasteiger partial charge in [-0.2, -0.15) is 0 Å². The van der Waals surface area contributed by atoms with Crippen LogP contribution in [0, 0.1) is 0 Å². The van der Waals surface area contributed by atoms with Crippen LogP contribution < -0.4 is 0 Å². The fraction of sp³-hybridized carbons (Fsp3) is 0. The third-order valence-electron chi connectivity index (χ3n) is 12.5. The lowest BCUT2D eigenvalue weighted by Crippen LogP contribution is -1.98. The van der Waals surface area contributed by atoms with E-state index in [0.29, 0.717) is 0 Å². The van der Waals surface area contributed by atoms with Crippen molar-refractivity contribution in [1.82, 2.24) is 9.13 Å². The highest BCUT2D eigenvalue weighted by atomic mass is 15.0. The van der Waals surface area contributed by atoms with Crippen molar-refractivity contribution >= 4 is 43.6 Å². The van der Waals surface area contributed by atoms with Gasteiger partial charge in [0.1, 0.15) is 0 Å². The van der Waals surface area contributed by atoms with Gasteiger partial charge in [-0.15, -0.1) is 0 Å². The van der Waals surface area contributed by atoms with E-state index in [1.54, 1.807) is 0 Å². The minimum atomic E-state index is 1.14. The molecule has 2 nitrogen and oxygen atoms in total. The Morgan fingerprint density at radius 2 is 0.677 bits per heavy atom. The first-order chi connectivity index (χ1) is 30.8. The minimum Gasteiger partial charge on any atom is -0.309 e. The SMILES string of the molecule is c1ccc(-c2cccc(-n3c4ccc(-c5ccc6c(c5)c5ccccc5n6-c5ccc(-c6ccccc6)cc5-c5ccccc5)cc4c4cccc(-c5ccccc5)c43)c2)cc1. The molecular weight excluding hydrogens is 749 g/mol. The fourth-order valence-corrected chi connectivity index (χ4v) is 9.62. The Morgan fingerprint density at radius 1 is 0.226 bits per heavy atom. The number of aromatic nitrogens is 2. The molecule has 2 heteroatoms. The highest BCUT2D eigenvalue weighted by Crippen LogP contribution is 2.43. The van der Waals surface area contributed by atoms with Crippen LogP contribution in [0.15, 0.2) is 243 Å². The first kappa shape index (κ1) is 35.7. The maximum absolute atomic E-state index is 2.47. The zero-order valence-electron chi connectivity index (χ0n) is 34.0. The molecule has 2 heterocycles. The molecule has 0 aliphatic heterocycles. The molecular formula is C60H40N2. The molecule has 0 bridgehead atoms. The Kier molecular flexibility index (Phi) is 8.53. The molecule has 0 aliphatic rings. The van der Waals surface area contributed by atoms with E-state index < -0.39 is 0 Å². The van der Waals surface area contributed by atoms with Crippen LogP contribution in [0.2, 0.25) is 0 Å². The van der Waals surface area contributed by atoms with Crippen LogP contribution in [-0.2, 0) is 0 Å². The number of rotatable bonds is 7. The minimum absolute atomic E-state index is 1.14. The summed E-state index contributed by atoms with van der Waals surface area (Å²) in [4.78, 5) is 0. The summed E-state index contributed by atoms with van der Waals surface area (Å²) < 4.78 is 4.92. The summed E-state index contributed by atoms with van der Waals surface area (Å²) in [5.74, 6) is 0. The summed E-state index contributed by atoms with van der Waals surface area (Å²) in [6.07, 6.45) is 0. The van der Waals surface area contributed by atoms with Crippen molar-refractivity contribution in [2.24, 2.45) is 0 Å². The Hall–Kier alpha value is -8.20. The first-order valence-corrected chi connectivity index (χ1v) is 21.3. The molecule has 0 saturated carbocycles. The Balaban J connectivity index is 1.05. The van der Waals surface area contributed by atoms with Crippen LogP contribution in [0.4, 0.5) is 0 Å². The third-order valence-corrected chi connectivity index (χ3v) is 12.5. The molecule has 2 aromatic heterocycles. The largest absolute Gasteiger partial charge is 0.309 e. The monoisotopic (exact) mass is 788 g/mol. The molecule has 0 amide bonds. The van der Waals surface area contributed by atoms with Gasteiger partial charge in [0.25, 0.3) is 0 Å². The van der Waals surface area contributed by atoms with E-state index in [1.807, 2.05) is 0 Å². The molecule has 0 atom stereocenters. The highest BCUT2D eigenvalue weighted by Gasteiger charge is 2.20. The summed E-state index contributed by atoms with van der Waals surface area (Å²) in [5, 5.41) is 4.93. The number of para-hydroxylation sites is 2. The van der Waals surface area contributed by atoms with Gasteiger partial charge in [-0.05, 0) is 99.1 Å². The number of hydrogen-bond acceptors (Lipinski definition) is 0. The third kappa shape index (κ3) is 5.96. The summed E-state index contributed by atoms with van der Waals surface area (Å²) in [5.41, 5.74) is 19.1. The molecule has 0 N–H and O–H groups in total. The molecule has 0 fully saturated rings. The lowest BCUT2D eigenvalue weighted by atomic mass is 9.97. The summed E-state index contributed by atoms with van der Waals surface area (Å²) in [6.45, 7) is 0. The molecule has 0 radical (unpaired) electrons. The summed E-state index contributed by atoms with van der Waals surface area (Å²) >= 11 is 0. The molecule has 10 aromatic carbocycles. The number of benzene rings is 10. The predicted octanol–water partition coefficient (Wildman–Crippen LogP) is 16.2. The summed E-state index contributed by atoms with van der Waals surface area (Å²) in [6, 6.07) is 88.4. The van der Waals surface area contributed by atoms with Crippen molar-refractivity contribution in [3.05, 3.63) is 243 Å². The second kappa shape index (κ2) is 14.8. The van der Waals surface area contributed by atoms with Gasteiger partial charge >= 0.3 is 0 Å². The lowest BCUT2D eigenvalue weighted by molar-refractivity contribution is 1.18. The molecule has 0 spiro atoms. The maximum atomic E-state index is 2.47. The van der Waals surface area contributed by atoms with Gasteiger partial charge in [0.15, 0.2) is 0 Å². The van der Waals surface area contributed by atoms with E-state index in [1.165, 1.54) is 99.2 Å². The second-order valence-electron chi connectivity index (χ2n) is 16.1. The van der Waals surface area contributed by atoms with E-state index >= 15 is 0 Å². The van der Waals surface area contributed by atoms with Crippen molar-refractivity contribution in [3.63, 3.8) is 0 Å². The van der Waals surface area contributed by atoms with Crippen LogP contribution in [0.3, 0.4) is 0 Å². The van der Waals surface area contributed by atoms with Crippen molar-refractivity contribution in [3.8, 4) is 67.0 Å². The van der Waals surface area contributed by atoms with Gasteiger partial charge in [0.2, 0.25) is 0 Å². The first-order valence-electron chi connectivity index (χ1n) is 21.3. The quantitative estimate of drug-likeness (QED) is 0.152. The Labute approximate surface area is 360 Å². The molecule has 12 aromatic rings. The number of hydrogen-bond donors (Lipinski definition) is 0. The van der Waals surface area contributed by atoms with Crippen LogP contribution in [0.5, 0.6) is 0 Å². The summed E-state index contributed by atoms with van der Waals surface area (Å²) in [7, 11) is 0. The molecule has 0 unspecified atom stereocenters. The van der Waals surface area contributed by atoms with Gasteiger partial charge in [-0.3, -0.25) is 0 Å². The molecule has 290 valence electrons. The van der Waals surface area contributed by atoms with Crippen LogP contribution in [0.1, 0.15) is 0 Å². The van der Waals surface area contributed by atoms with Gasteiger partial charge < -0.3 is 9.13 Å². The molecule has 12 rings (SSSR count). The van der Waals surface area contributed by atoms with Crippen molar-refractivity contribution in [1.29, 1.82) is 0 Å². The highest BCUT2D eigenvalue weighted by molar-refractivity contribution is 6.15. The predicted molar refractivity (Wildman–Crippen MR) is 262 cm³/mol. The van der Waals surface area contributed by atoms with Crippen molar-refractivity contribution in [2.45, 2.75) is 0 Å². The van der Waals surface area contributed by atoms with Gasteiger partial charge in [0.05, 0.1) is 27.8 Å². The maximum Gasteiger partial charge on any atom is 0.0619 e. The fourth-order valence-electron chi connectivity index (χ4n) is 9.62. The zero-order chi connectivity index (χ0) is 41.0. The van der Waals surface area contributed by atoms with E-state index in [0.717, 1.165) is 11.4 Å². The van der Waals surface area contributed by atoms with Gasteiger partial charge in [-0.25, -0.2) is 0 Å². The van der Waals surface area contributed by atoms with Crippen LogP contribution in [0.25, 0.3) is 111 Å². The molecule has 0 aliphatic carbocycles. The van der Waals surface area contributed by atoms with Gasteiger partial charge in [-0.1, -0.05) is 188 Å². The molecule has 62 heavy (non-hydrogen) atoms. The lowest BCUT2D eigenvalue weighted by Gasteiger charge is -2.16.